The van der Waals surface area contributed by atoms with Gasteiger partial charge in [-0.1, -0.05) is 94.6 Å². The van der Waals surface area contributed by atoms with Crippen LogP contribution in [0, 0.1) is 33.8 Å². The third-order valence-corrected chi connectivity index (χ3v) is 6.34. The number of hydrogen-bond acceptors (Lipinski definition) is 0. The number of aryl methyl sites for hydroxylation is 2. The van der Waals surface area contributed by atoms with Crippen molar-refractivity contribution in [2.45, 2.75) is 53.6 Å². The van der Waals surface area contributed by atoms with Crippen molar-refractivity contribution in [2.24, 2.45) is 0 Å². The molecule has 0 bridgehead atoms. The molecular formula is C31H34SiZr. The van der Waals surface area contributed by atoms with Crippen molar-refractivity contribution in [2.75, 3.05) is 0 Å². The van der Waals surface area contributed by atoms with E-state index in [1.54, 1.807) is 23.3 Å². The van der Waals surface area contributed by atoms with Crippen LogP contribution in [-0.2, 0) is 23.3 Å². The second kappa shape index (κ2) is 11.5. The van der Waals surface area contributed by atoms with Crippen molar-refractivity contribution in [1.82, 2.24) is 0 Å². The van der Waals surface area contributed by atoms with Crippen LogP contribution in [0.25, 0.3) is 10.8 Å². The molecule has 1 aliphatic rings. The Morgan fingerprint density at radius 2 is 1.30 bits per heavy atom. The second-order valence-corrected chi connectivity index (χ2v) is 18.5. The molecule has 0 radical (unpaired) electrons. The number of allylic oxidation sites excluding steroid dienone is 1. The molecule has 33 heavy (non-hydrogen) atoms. The molecule has 0 spiro atoms. The van der Waals surface area contributed by atoms with Crippen LogP contribution < -0.4 is 0 Å². The van der Waals surface area contributed by atoms with E-state index in [0.29, 0.717) is 5.92 Å². The second-order valence-electron chi connectivity index (χ2n) is 9.16. The van der Waals surface area contributed by atoms with Gasteiger partial charge in [-0.15, -0.1) is 28.7 Å². The average molecular weight is 526 g/mol. The molecule has 4 aromatic rings. The molecular weight excluding hydrogens is 492 g/mol. The van der Waals surface area contributed by atoms with Crippen molar-refractivity contribution in [1.29, 1.82) is 0 Å². The number of fused-ring (bicyclic) bond motifs is 3. The minimum absolute atomic E-state index is 0.210. The van der Waals surface area contributed by atoms with E-state index >= 15 is 0 Å². The van der Waals surface area contributed by atoms with Gasteiger partial charge in [-0.3, -0.25) is 0 Å². The summed E-state index contributed by atoms with van der Waals surface area (Å²) in [5.74, 6) is 0.357. The van der Waals surface area contributed by atoms with Crippen LogP contribution in [0.4, 0.5) is 0 Å². The van der Waals surface area contributed by atoms with Crippen molar-refractivity contribution in [3.8, 4) is 0 Å². The molecule has 1 unspecified atom stereocenters. The first-order chi connectivity index (χ1) is 15.7. The van der Waals surface area contributed by atoms with Crippen LogP contribution in [0.1, 0.15) is 51.8 Å². The van der Waals surface area contributed by atoms with Crippen molar-refractivity contribution >= 4 is 16.2 Å². The van der Waals surface area contributed by atoms with Crippen LogP contribution in [0.15, 0.2) is 78.4 Å². The summed E-state index contributed by atoms with van der Waals surface area (Å²) in [4.78, 5) is 0. The van der Waals surface area contributed by atoms with E-state index in [4.69, 9.17) is 0 Å². The number of rotatable bonds is 1. The summed E-state index contributed by atoms with van der Waals surface area (Å²) in [5, 5.41) is 2.60. The number of hydrogen-bond donors (Lipinski definition) is 0. The van der Waals surface area contributed by atoms with Gasteiger partial charge in [0.25, 0.3) is 0 Å². The first-order valence-corrected chi connectivity index (χ1v) is 17.8. The maximum Gasteiger partial charge on any atom is -0.0632 e. The molecule has 0 amide bonds. The van der Waals surface area contributed by atoms with Gasteiger partial charge in [-0.2, -0.15) is 40.0 Å². The minimum atomic E-state index is 0.210. The van der Waals surface area contributed by atoms with Crippen LogP contribution >= 0.6 is 0 Å². The zero-order chi connectivity index (χ0) is 24.1. The van der Waals surface area contributed by atoms with Crippen molar-refractivity contribution in [3.63, 3.8) is 0 Å². The summed E-state index contributed by atoms with van der Waals surface area (Å²) in [6, 6.07) is 26.0. The molecule has 5 rings (SSSR count). The molecule has 0 heterocycles. The Morgan fingerprint density at radius 3 is 1.85 bits per heavy atom. The Kier molecular flexibility index (Phi) is 8.96. The van der Waals surface area contributed by atoms with Gasteiger partial charge in [0.05, 0.1) is 0 Å². The molecule has 0 saturated carbocycles. The largest absolute Gasteiger partial charge is 0.196 e. The van der Waals surface area contributed by atoms with Gasteiger partial charge in [0.15, 0.2) is 0 Å². The maximum atomic E-state index is 3.61. The van der Waals surface area contributed by atoms with Gasteiger partial charge in [0.1, 0.15) is 0 Å². The average Bonchev–Trinajstić information content (AvgIpc) is 3.25. The molecule has 1 aliphatic carbocycles. The summed E-state index contributed by atoms with van der Waals surface area (Å²) in [6.07, 6.45) is 3.61. The van der Waals surface area contributed by atoms with Crippen molar-refractivity contribution in [3.05, 3.63) is 123 Å². The fourth-order valence-electron chi connectivity index (χ4n) is 4.38. The van der Waals surface area contributed by atoms with E-state index in [9.17, 15) is 0 Å². The Balaban J connectivity index is 0.000000197. The molecule has 0 nitrogen and oxygen atoms in total. The topological polar surface area (TPSA) is 0 Å². The van der Waals surface area contributed by atoms with E-state index in [1.807, 2.05) is 0 Å². The summed E-state index contributed by atoms with van der Waals surface area (Å²) < 4.78 is 0. The normalized spacial score (nSPS) is 14.0. The number of benzene rings is 3. The van der Waals surface area contributed by atoms with E-state index < -0.39 is 0 Å². The quantitative estimate of drug-likeness (QED) is 0.173. The predicted molar refractivity (Wildman–Crippen MR) is 142 cm³/mol. The zero-order valence-electron chi connectivity index (χ0n) is 21.0. The monoisotopic (exact) mass is 524 g/mol. The molecule has 0 aromatic heterocycles. The first kappa shape index (κ1) is 25.7. The van der Waals surface area contributed by atoms with Gasteiger partial charge in [-0.05, 0) is 11.5 Å². The van der Waals surface area contributed by atoms with Crippen molar-refractivity contribution < 1.29 is 23.3 Å². The first-order valence-electron chi connectivity index (χ1n) is 11.6. The Hall–Kier alpha value is -1.89. The fraction of sp³-hybridized carbons (Fsp3) is 0.258. The van der Waals surface area contributed by atoms with Crippen LogP contribution in [-0.4, -0.2) is 5.43 Å². The maximum absolute atomic E-state index is 3.61. The van der Waals surface area contributed by atoms with Gasteiger partial charge in [0.2, 0.25) is 0 Å². The Morgan fingerprint density at radius 1 is 0.758 bits per heavy atom. The molecule has 166 valence electrons. The summed E-state index contributed by atoms with van der Waals surface area (Å²) in [7, 11) is 0. The Bertz CT molecular complexity index is 1270. The van der Waals surface area contributed by atoms with Gasteiger partial charge in [-0.25, -0.2) is 0 Å². The van der Waals surface area contributed by atoms with Gasteiger partial charge in [0, 0.05) is 0 Å². The molecule has 2 heteroatoms. The Labute approximate surface area is 215 Å². The molecule has 0 aliphatic heterocycles. The van der Waals surface area contributed by atoms with E-state index in [-0.39, 0.29) is 5.43 Å². The van der Waals surface area contributed by atoms with E-state index in [0.717, 1.165) is 0 Å². The molecule has 0 N–H and O–H groups in total. The summed E-state index contributed by atoms with van der Waals surface area (Å²) in [5.41, 5.74) is 11.3. The van der Waals surface area contributed by atoms with E-state index in [2.05, 4.69) is 127 Å². The fourth-order valence-corrected chi connectivity index (χ4v) is 4.38. The molecule has 0 saturated heterocycles. The minimum Gasteiger partial charge on any atom is -0.196 e. The molecule has 4 aromatic carbocycles. The third-order valence-electron chi connectivity index (χ3n) is 6.34. The SMILES string of the molecule is CC1=[C-]c2c(ccc3ccccc23)C1c1ccccc1.C[Si](C)=[Zr+2].Cc1[cH-]c(C)c(C)c1C. The molecule has 1 atom stereocenters. The standard InChI is InChI=1S/C20H15.C9H13.C2H6Si.Zr/c1-14-13-19-17-10-6-5-7-15(17)11-12-18(19)20(14)16-8-3-2-4-9-16;1-6-5-7(2)9(4)8(6)3;1-3-2;/h2-12,20H,1H3;5H,1-4H3;1-2H3;/q2*-1;;+2. The summed E-state index contributed by atoms with van der Waals surface area (Å²) >= 11 is 1.74. The van der Waals surface area contributed by atoms with Gasteiger partial charge >= 0.3 is 41.9 Å². The van der Waals surface area contributed by atoms with Gasteiger partial charge < -0.3 is 0 Å². The predicted octanol–water partition coefficient (Wildman–Crippen LogP) is 8.51. The smallest absolute Gasteiger partial charge is 0.0632 e. The van der Waals surface area contributed by atoms with Crippen LogP contribution in [0.3, 0.4) is 0 Å². The summed E-state index contributed by atoms with van der Waals surface area (Å²) in [6.45, 7) is 15.5. The van der Waals surface area contributed by atoms with Crippen LogP contribution in [0.2, 0.25) is 13.1 Å². The zero-order valence-corrected chi connectivity index (χ0v) is 24.5. The van der Waals surface area contributed by atoms with Crippen LogP contribution in [0.5, 0.6) is 0 Å². The third kappa shape index (κ3) is 6.17. The van der Waals surface area contributed by atoms with E-state index in [1.165, 1.54) is 55.3 Å². The molecule has 0 fully saturated rings.